The highest BCUT2D eigenvalue weighted by atomic mass is 16.5. The number of carbonyl (C=O) groups is 2. The molecule has 1 fully saturated rings. The molecule has 22 heavy (non-hydrogen) atoms. The lowest BCUT2D eigenvalue weighted by Crippen LogP contribution is -2.34. The van der Waals surface area contributed by atoms with Gasteiger partial charge >= 0.3 is 5.97 Å². The highest BCUT2D eigenvalue weighted by molar-refractivity contribution is 5.87. The fourth-order valence-corrected chi connectivity index (χ4v) is 2.53. The molecule has 126 valence electrons. The molecule has 0 bridgehead atoms. The van der Waals surface area contributed by atoms with E-state index in [1.165, 1.54) is 38.5 Å². The number of nitrogens with one attached hydrogen (secondary N) is 1. The molecule has 1 saturated heterocycles. The van der Waals surface area contributed by atoms with Crippen molar-refractivity contribution < 1.29 is 14.3 Å². The molecule has 1 amide bonds. The molecule has 0 spiro atoms. The molecule has 0 aromatic rings. The van der Waals surface area contributed by atoms with E-state index in [-0.39, 0.29) is 11.9 Å². The van der Waals surface area contributed by atoms with Gasteiger partial charge in [0, 0.05) is 6.42 Å². The maximum Gasteiger partial charge on any atom is 0.328 e. The van der Waals surface area contributed by atoms with Crippen molar-refractivity contribution in [3.05, 3.63) is 12.2 Å². The summed E-state index contributed by atoms with van der Waals surface area (Å²) in [5.41, 5.74) is 0. The van der Waals surface area contributed by atoms with Crippen LogP contribution in [-0.4, -0.2) is 24.5 Å². The van der Waals surface area contributed by atoms with Crippen LogP contribution in [0.2, 0.25) is 0 Å². The number of ether oxygens (including phenoxy) is 1. The summed E-state index contributed by atoms with van der Waals surface area (Å²) in [6.45, 7) is 2.69. The lowest BCUT2D eigenvalue weighted by molar-refractivity contribution is -0.146. The molecular weight excluding hydrogens is 278 g/mol. The first-order valence-corrected chi connectivity index (χ1v) is 8.85. The number of esters is 1. The second-order valence-electron chi connectivity index (χ2n) is 6.00. The molecule has 1 rings (SSSR count). The zero-order valence-corrected chi connectivity index (χ0v) is 13.9. The van der Waals surface area contributed by atoms with Gasteiger partial charge in [0.05, 0.1) is 6.61 Å². The third-order valence-electron chi connectivity index (χ3n) is 3.93. The number of amides is 1. The summed E-state index contributed by atoms with van der Waals surface area (Å²) in [7, 11) is 0. The van der Waals surface area contributed by atoms with E-state index in [1.807, 2.05) is 0 Å². The summed E-state index contributed by atoms with van der Waals surface area (Å²) >= 11 is 0. The topological polar surface area (TPSA) is 55.4 Å². The molecule has 0 unspecified atom stereocenters. The molecule has 1 heterocycles. The highest BCUT2D eigenvalue weighted by Crippen LogP contribution is 2.09. The number of rotatable bonds is 12. The lowest BCUT2D eigenvalue weighted by Gasteiger charge is -2.09. The van der Waals surface area contributed by atoms with Gasteiger partial charge < -0.3 is 10.1 Å². The maximum atomic E-state index is 11.6. The summed E-state index contributed by atoms with van der Waals surface area (Å²) in [4.78, 5) is 22.6. The zero-order chi connectivity index (χ0) is 16.0. The fraction of sp³-hybridized carbons (Fsp3) is 0.778. The van der Waals surface area contributed by atoms with Crippen molar-refractivity contribution in [2.75, 3.05) is 6.61 Å². The van der Waals surface area contributed by atoms with E-state index >= 15 is 0 Å². The van der Waals surface area contributed by atoms with Gasteiger partial charge in [0.15, 0.2) is 0 Å². The second kappa shape index (κ2) is 12.2. The molecule has 4 heteroatoms. The van der Waals surface area contributed by atoms with Crippen LogP contribution in [0.15, 0.2) is 12.2 Å². The number of hydrogen-bond acceptors (Lipinski definition) is 3. The summed E-state index contributed by atoms with van der Waals surface area (Å²) < 4.78 is 5.18. The Labute approximate surface area is 134 Å². The minimum Gasteiger partial charge on any atom is -0.464 e. The Morgan fingerprint density at radius 2 is 1.82 bits per heavy atom. The Bertz CT molecular complexity index is 352. The van der Waals surface area contributed by atoms with Crippen LogP contribution in [0.25, 0.3) is 0 Å². The van der Waals surface area contributed by atoms with E-state index in [0.29, 0.717) is 19.4 Å². The standard InChI is InChI=1S/C18H31NO3/c1-2-3-4-5-6-7-8-9-10-11-12-15-22-18(21)16-13-14-17(20)19-16/h8-9,16H,2-7,10-15H2,1H3,(H,19,20)/b9-8+/t16-/m0/s1. The van der Waals surface area contributed by atoms with E-state index in [1.54, 1.807) is 0 Å². The Morgan fingerprint density at radius 1 is 1.14 bits per heavy atom. The monoisotopic (exact) mass is 309 g/mol. The fourth-order valence-electron chi connectivity index (χ4n) is 2.53. The number of carbonyl (C=O) groups excluding carboxylic acids is 2. The third kappa shape index (κ3) is 8.85. The number of unbranched alkanes of at least 4 members (excludes halogenated alkanes) is 7. The Morgan fingerprint density at radius 3 is 2.45 bits per heavy atom. The van der Waals surface area contributed by atoms with Gasteiger partial charge in [0.2, 0.25) is 5.91 Å². The van der Waals surface area contributed by atoms with Crippen molar-refractivity contribution in [3.63, 3.8) is 0 Å². The van der Waals surface area contributed by atoms with Crippen LogP contribution < -0.4 is 5.32 Å². The molecule has 0 radical (unpaired) electrons. The van der Waals surface area contributed by atoms with Crippen molar-refractivity contribution in [1.29, 1.82) is 0 Å². The highest BCUT2D eigenvalue weighted by Gasteiger charge is 2.28. The molecular formula is C18H31NO3. The SMILES string of the molecule is CCCCCCC/C=C/CCCCOC(=O)[C@@H]1CCC(=O)N1. The van der Waals surface area contributed by atoms with Crippen molar-refractivity contribution in [2.24, 2.45) is 0 Å². The maximum absolute atomic E-state index is 11.6. The van der Waals surface area contributed by atoms with Gasteiger partial charge in [-0.3, -0.25) is 4.79 Å². The minimum atomic E-state index is -0.417. The molecule has 0 aliphatic carbocycles. The lowest BCUT2D eigenvalue weighted by atomic mass is 10.1. The largest absolute Gasteiger partial charge is 0.464 e. The average molecular weight is 309 g/mol. The minimum absolute atomic E-state index is 0.0539. The Balaban J connectivity index is 1.87. The molecule has 0 aromatic carbocycles. The van der Waals surface area contributed by atoms with Gasteiger partial charge in [-0.1, -0.05) is 44.8 Å². The molecule has 1 aliphatic rings. The zero-order valence-electron chi connectivity index (χ0n) is 13.9. The van der Waals surface area contributed by atoms with Crippen LogP contribution in [0.5, 0.6) is 0 Å². The van der Waals surface area contributed by atoms with Crippen LogP contribution in [0.3, 0.4) is 0 Å². The van der Waals surface area contributed by atoms with Gasteiger partial charge in [0.25, 0.3) is 0 Å². The normalized spacial score (nSPS) is 17.9. The summed E-state index contributed by atoms with van der Waals surface area (Å²) in [6.07, 6.45) is 16.3. The number of allylic oxidation sites excluding steroid dienone is 2. The molecule has 1 N–H and O–H groups in total. The molecule has 1 atom stereocenters. The van der Waals surface area contributed by atoms with Crippen molar-refractivity contribution in [2.45, 2.75) is 83.6 Å². The first-order valence-electron chi connectivity index (χ1n) is 8.85. The van der Waals surface area contributed by atoms with Crippen molar-refractivity contribution >= 4 is 11.9 Å². The van der Waals surface area contributed by atoms with Crippen LogP contribution in [-0.2, 0) is 14.3 Å². The summed E-state index contributed by atoms with van der Waals surface area (Å²) in [5, 5.41) is 2.62. The third-order valence-corrected chi connectivity index (χ3v) is 3.93. The van der Waals surface area contributed by atoms with Gasteiger partial charge in [-0.2, -0.15) is 0 Å². The Hall–Kier alpha value is -1.32. The molecule has 4 nitrogen and oxygen atoms in total. The summed E-state index contributed by atoms with van der Waals surface area (Å²) in [5.74, 6) is -0.338. The van der Waals surface area contributed by atoms with Crippen LogP contribution in [0, 0.1) is 0 Å². The van der Waals surface area contributed by atoms with Crippen LogP contribution in [0.4, 0.5) is 0 Å². The Kier molecular flexibility index (Phi) is 10.4. The predicted octanol–water partition coefficient (Wildman–Crippen LogP) is 3.90. The summed E-state index contributed by atoms with van der Waals surface area (Å²) in [6, 6.07) is -0.417. The van der Waals surface area contributed by atoms with E-state index < -0.39 is 6.04 Å². The van der Waals surface area contributed by atoms with Gasteiger partial charge in [-0.05, 0) is 38.5 Å². The van der Waals surface area contributed by atoms with E-state index in [4.69, 9.17) is 4.74 Å². The van der Waals surface area contributed by atoms with Crippen LogP contribution >= 0.6 is 0 Å². The second-order valence-corrected chi connectivity index (χ2v) is 6.00. The van der Waals surface area contributed by atoms with Crippen molar-refractivity contribution in [1.82, 2.24) is 5.32 Å². The quantitative estimate of drug-likeness (QED) is 0.338. The van der Waals surface area contributed by atoms with E-state index in [0.717, 1.165) is 19.3 Å². The van der Waals surface area contributed by atoms with E-state index in [9.17, 15) is 9.59 Å². The van der Waals surface area contributed by atoms with Crippen molar-refractivity contribution in [3.8, 4) is 0 Å². The first-order chi connectivity index (χ1) is 10.7. The average Bonchev–Trinajstić information content (AvgIpc) is 2.95. The molecule has 0 saturated carbocycles. The van der Waals surface area contributed by atoms with Gasteiger partial charge in [0.1, 0.15) is 6.04 Å². The first kappa shape index (κ1) is 18.7. The molecule has 1 aliphatic heterocycles. The number of hydrogen-bond donors (Lipinski definition) is 1. The van der Waals surface area contributed by atoms with Gasteiger partial charge in [-0.15, -0.1) is 0 Å². The smallest absolute Gasteiger partial charge is 0.328 e. The van der Waals surface area contributed by atoms with E-state index in [2.05, 4.69) is 24.4 Å². The van der Waals surface area contributed by atoms with Crippen LogP contribution in [0.1, 0.15) is 77.6 Å². The predicted molar refractivity (Wildman–Crippen MR) is 88.5 cm³/mol. The van der Waals surface area contributed by atoms with Gasteiger partial charge in [-0.25, -0.2) is 4.79 Å². The molecule has 0 aromatic heterocycles.